The highest BCUT2D eigenvalue weighted by molar-refractivity contribution is 6.16. The topological polar surface area (TPSA) is 143 Å². The Kier molecular flexibility index (Phi) is 7.72. The maximum Gasteiger partial charge on any atom is 0.573 e. The van der Waals surface area contributed by atoms with Crippen molar-refractivity contribution in [2.75, 3.05) is 12.5 Å². The lowest BCUT2D eigenvalue weighted by Crippen LogP contribution is -2.53. The van der Waals surface area contributed by atoms with Gasteiger partial charge in [-0.3, -0.25) is 24.6 Å². The Labute approximate surface area is 283 Å². The van der Waals surface area contributed by atoms with Gasteiger partial charge < -0.3 is 14.6 Å². The summed E-state index contributed by atoms with van der Waals surface area (Å²) in [5.74, 6) is -9.89. The summed E-state index contributed by atoms with van der Waals surface area (Å²) in [5, 5.41) is 12.3. The van der Waals surface area contributed by atoms with Crippen molar-refractivity contribution >= 4 is 35.4 Å². The largest absolute Gasteiger partial charge is 0.573 e. The predicted molar refractivity (Wildman–Crippen MR) is 168 cm³/mol. The molecule has 50 heavy (non-hydrogen) atoms. The van der Waals surface area contributed by atoms with Crippen molar-refractivity contribution in [3.63, 3.8) is 0 Å². The van der Waals surface area contributed by atoms with Gasteiger partial charge in [0.2, 0.25) is 11.8 Å². The molecule has 0 bridgehead atoms. The van der Waals surface area contributed by atoms with Gasteiger partial charge in [0.05, 0.1) is 36.0 Å². The van der Waals surface area contributed by atoms with Crippen LogP contribution in [0.25, 0.3) is 0 Å². The van der Waals surface area contributed by atoms with Crippen LogP contribution in [0.15, 0.2) is 84.4 Å². The van der Waals surface area contributed by atoms with Crippen LogP contribution in [0.1, 0.15) is 35.4 Å². The van der Waals surface area contributed by atoms with Crippen LogP contribution in [-0.2, 0) is 29.3 Å². The molecule has 2 saturated heterocycles. The number of imide groups is 4. The quantitative estimate of drug-likeness (QED) is 0.268. The number of carbonyl (C=O) groups is 5. The summed E-state index contributed by atoms with van der Waals surface area (Å²) in [6, 6.07) is 18.1. The lowest BCUT2D eigenvalue weighted by molar-refractivity contribution is -0.274. The highest BCUT2D eigenvalue weighted by atomic mass is 19.4. The highest BCUT2D eigenvalue weighted by Crippen LogP contribution is 2.65. The SMILES string of the molecule is COC(=O)N1C(=O)C2CC=C3C(CC4C(=O)N(Nc5ccc(C)cc5)C(=O)C4(c4ccccc4)C3c3cc(OC(F)(F)F)ccc3O)C2C1=O. The van der Waals surface area contributed by atoms with Crippen molar-refractivity contribution < 1.29 is 51.7 Å². The Morgan fingerprint density at radius 2 is 1.64 bits per heavy atom. The smallest absolute Gasteiger partial charge is 0.508 e. The number of hydrogen-bond donors (Lipinski definition) is 2. The van der Waals surface area contributed by atoms with E-state index in [1.807, 2.05) is 6.92 Å². The molecule has 5 amide bonds. The van der Waals surface area contributed by atoms with Gasteiger partial charge in [-0.1, -0.05) is 59.7 Å². The Balaban J connectivity index is 1.47. The van der Waals surface area contributed by atoms with E-state index < -0.39 is 82.6 Å². The van der Waals surface area contributed by atoms with E-state index in [2.05, 4.69) is 10.2 Å². The van der Waals surface area contributed by atoms with E-state index in [0.29, 0.717) is 21.7 Å². The van der Waals surface area contributed by atoms with Crippen LogP contribution < -0.4 is 10.2 Å². The van der Waals surface area contributed by atoms with Gasteiger partial charge >= 0.3 is 12.5 Å². The Hall–Kier alpha value is -5.66. The molecule has 0 spiro atoms. The van der Waals surface area contributed by atoms with Crippen LogP contribution in [0.3, 0.4) is 0 Å². The molecule has 2 heterocycles. The molecule has 4 aliphatic rings. The fraction of sp³-hybridized carbons (Fsp3) is 0.306. The summed E-state index contributed by atoms with van der Waals surface area (Å²) in [6.07, 6.45) is -4.83. The minimum atomic E-state index is -5.10. The number of nitrogens with zero attached hydrogens (tertiary/aromatic N) is 2. The molecule has 2 aliphatic carbocycles. The second-order valence-electron chi connectivity index (χ2n) is 12.8. The number of fused-ring (bicyclic) bond motifs is 4. The van der Waals surface area contributed by atoms with Crippen molar-refractivity contribution in [2.45, 2.75) is 37.5 Å². The van der Waals surface area contributed by atoms with E-state index in [0.717, 1.165) is 35.9 Å². The van der Waals surface area contributed by atoms with Crippen molar-refractivity contribution in [3.05, 3.63) is 101 Å². The third-order valence-corrected chi connectivity index (χ3v) is 10.3. The summed E-state index contributed by atoms with van der Waals surface area (Å²) in [4.78, 5) is 69.9. The van der Waals surface area contributed by atoms with Crippen LogP contribution >= 0.6 is 0 Å². The molecule has 7 rings (SSSR count). The van der Waals surface area contributed by atoms with E-state index in [1.165, 1.54) is 0 Å². The number of anilines is 1. The molecule has 3 aromatic carbocycles. The number of likely N-dealkylation sites (tertiary alicyclic amines) is 1. The number of allylic oxidation sites excluding steroid dienone is 2. The summed E-state index contributed by atoms with van der Waals surface area (Å²) < 4.78 is 49.3. The standard InChI is InChI=1S/C36H30F3N3O8/c1-18-8-10-20(11-9-18)40-42-31(45)26-17-24-22(13-14-23-28(24)32(46)41(30(23)44)34(48)49-2)29(35(26,33(42)47)19-6-4-3-5-7-19)25-16-21(12-15-27(25)43)50-36(37,38)39/h3-13,15-16,23-24,26,28-29,40,43H,14,17H2,1-2H3. The molecule has 3 aromatic rings. The monoisotopic (exact) mass is 689 g/mol. The molecule has 2 aliphatic heterocycles. The summed E-state index contributed by atoms with van der Waals surface area (Å²) in [5.41, 5.74) is 2.92. The third kappa shape index (κ3) is 4.91. The minimum Gasteiger partial charge on any atom is -0.508 e. The fourth-order valence-electron chi connectivity index (χ4n) is 8.32. The number of alkyl halides is 3. The molecular weight excluding hydrogens is 659 g/mol. The normalized spacial score (nSPS) is 27.4. The lowest BCUT2D eigenvalue weighted by atomic mass is 9.49. The number of amides is 5. The first-order valence-corrected chi connectivity index (χ1v) is 15.8. The van der Waals surface area contributed by atoms with Gasteiger partial charge in [-0.25, -0.2) is 4.79 Å². The number of nitrogens with one attached hydrogen (secondary N) is 1. The van der Waals surface area contributed by atoms with Crippen molar-refractivity contribution in [3.8, 4) is 11.5 Å². The number of hydrogen-bond acceptors (Lipinski definition) is 9. The number of ether oxygens (including phenoxy) is 2. The van der Waals surface area contributed by atoms with Gasteiger partial charge in [0, 0.05) is 11.5 Å². The molecule has 6 atom stereocenters. The Morgan fingerprint density at radius 1 is 0.940 bits per heavy atom. The molecular formula is C36H30F3N3O8. The van der Waals surface area contributed by atoms with Crippen LogP contribution in [0.5, 0.6) is 11.5 Å². The fourth-order valence-corrected chi connectivity index (χ4v) is 8.32. The zero-order chi connectivity index (χ0) is 35.7. The first-order valence-electron chi connectivity index (χ1n) is 15.8. The molecule has 0 radical (unpaired) electrons. The van der Waals surface area contributed by atoms with E-state index in [4.69, 9.17) is 4.74 Å². The number of rotatable bonds is 5. The number of aromatic hydroxyl groups is 1. The highest BCUT2D eigenvalue weighted by Gasteiger charge is 2.71. The van der Waals surface area contributed by atoms with Crippen molar-refractivity contribution in [2.24, 2.45) is 23.7 Å². The maximum absolute atomic E-state index is 15.1. The molecule has 14 heteroatoms. The summed E-state index contributed by atoms with van der Waals surface area (Å²) >= 11 is 0. The predicted octanol–water partition coefficient (Wildman–Crippen LogP) is 5.35. The zero-order valence-corrected chi connectivity index (χ0v) is 26.6. The molecule has 258 valence electrons. The number of phenols is 1. The summed E-state index contributed by atoms with van der Waals surface area (Å²) in [7, 11) is 1.02. The van der Waals surface area contributed by atoms with E-state index >= 15 is 4.79 Å². The minimum absolute atomic E-state index is 0.0619. The average molecular weight is 690 g/mol. The van der Waals surface area contributed by atoms with E-state index in [-0.39, 0.29) is 18.4 Å². The maximum atomic E-state index is 15.1. The van der Waals surface area contributed by atoms with Gasteiger partial charge in [0.1, 0.15) is 11.5 Å². The van der Waals surface area contributed by atoms with Crippen molar-refractivity contribution in [1.82, 2.24) is 9.91 Å². The second kappa shape index (κ2) is 11.7. The van der Waals surface area contributed by atoms with E-state index in [9.17, 15) is 37.5 Å². The number of methoxy groups -OCH3 is 1. The second-order valence-corrected chi connectivity index (χ2v) is 12.8. The molecule has 3 fully saturated rings. The lowest BCUT2D eigenvalue weighted by Gasteiger charge is -2.50. The molecule has 2 N–H and O–H groups in total. The zero-order valence-electron chi connectivity index (χ0n) is 26.6. The Morgan fingerprint density at radius 3 is 2.30 bits per heavy atom. The third-order valence-electron chi connectivity index (χ3n) is 10.3. The van der Waals surface area contributed by atoms with Gasteiger partial charge in [-0.2, -0.15) is 9.91 Å². The van der Waals surface area contributed by atoms with Gasteiger partial charge in [0.25, 0.3) is 11.8 Å². The molecule has 1 saturated carbocycles. The van der Waals surface area contributed by atoms with Crippen LogP contribution in [0.2, 0.25) is 0 Å². The van der Waals surface area contributed by atoms with Crippen LogP contribution in [-0.4, -0.2) is 58.2 Å². The number of aryl methyl sites for hydroxylation is 1. The number of carbonyl (C=O) groups excluding carboxylic acids is 5. The Bertz CT molecular complexity index is 1960. The molecule has 11 nitrogen and oxygen atoms in total. The van der Waals surface area contributed by atoms with E-state index in [1.54, 1.807) is 60.7 Å². The van der Waals surface area contributed by atoms with Crippen molar-refractivity contribution in [1.29, 1.82) is 0 Å². The van der Waals surface area contributed by atoms with Gasteiger partial charge in [-0.05, 0) is 61.6 Å². The van der Waals surface area contributed by atoms with Gasteiger partial charge in [0.15, 0.2) is 0 Å². The number of benzene rings is 3. The number of phenolic OH excluding ortho intramolecular Hbond substituents is 1. The summed E-state index contributed by atoms with van der Waals surface area (Å²) in [6.45, 7) is 1.86. The number of hydrazine groups is 1. The van der Waals surface area contributed by atoms with Crippen LogP contribution in [0, 0.1) is 30.6 Å². The molecule has 6 unspecified atom stereocenters. The van der Waals surface area contributed by atoms with Gasteiger partial charge in [-0.15, -0.1) is 13.2 Å². The molecule has 0 aromatic heterocycles. The first-order chi connectivity index (χ1) is 23.8. The average Bonchev–Trinajstić information content (AvgIpc) is 3.47. The number of halogens is 3. The first kappa shape index (κ1) is 32.9. The van der Waals surface area contributed by atoms with Crippen LogP contribution in [0.4, 0.5) is 23.7 Å².